The molecular formula is C15H19N3O. The summed E-state index contributed by atoms with van der Waals surface area (Å²) in [5, 5.41) is 8.35. The van der Waals surface area contributed by atoms with Gasteiger partial charge < -0.3 is 5.32 Å². The zero-order chi connectivity index (χ0) is 13.2. The van der Waals surface area contributed by atoms with Crippen LogP contribution in [0.15, 0.2) is 24.4 Å². The zero-order valence-corrected chi connectivity index (χ0v) is 11.2. The van der Waals surface area contributed by atoms with Crippen LogP contribution in [0, 0.1) is 5.92 Å². The van der Waals surface area contributed by atoms with Gasteiger partial charge in [-0.05, 0) is 31.0 Å². The molecule has 1 heterocycles. The summed E-state index contributed by atoms with van der Waals surface area (Å²) >= 11 is 0. The average molecular weight is 257 g/mol. The van der Waals surface area contributed by atoms with E-state index in [2.05, 4.69) is 10.4 Å². The molecule has 3 rings (SSSR count). The Morgan fingerprint density at radius 2 is 2.11 bits per heavy atom. The Morgan fingerprint density at radius 1 is 1.32 bits per heavy atom. The number of anilines is 1. The third-order valence-electron chi connectivity index (χ3n) is 3.99. The number of carbonyl (C=O) groups excluding carboxylic acids is 1. The van der Waals surface area contributed by atoms with Gasteiger partial charge in [0.1, 0.15) is 0 Å². The molecule has 1 aromatic heterocycles. The molecular weight excluding hydrogens is 238 g/mol. The fraction of sp³-hybridized carbons (Fsp3) is 0.467. The number of aryl methyl sites for hydroxylation is 1. The molecule has 1 saturated carbocycles. The summed E-state index contributed by atoms with van der Waals surface area (Å²) in [6, 6.07) is 5.94. The molecule has 1 aromatic carbocycles. The highest BCUT2D eigenvalue weighted by Gasteiger charge is 2.21. The zero-order valence-electron chi connectivity index (χ0n) is 11.2. The van der Waals surface area contributed by atoms with Gasteiger partial charge in [0.25, 0.3) is 0 Å². The van der Waals surface area contributed by atoms with Crippen molar-refractivity contribution < 1.29 is 4.79 Å². The second kappa shape index (κ2) is 5.03. The molecule has 2 aromatic rings. The predicted molar refractivity (Wildman–Crippen MR) is 75.9 cm³/mol. The van der Waals surface area contributed by atoms with Gasteiger partial charge in [-0.2, -0.15) is 5.10 Å². The van der Waals surface area contributed by atoms with Crippen molar-refractivity contribution in [2.24, 2.45) is 13.0 Å². The highest BCUT2D eigenvalue weighted by molar-refractivity contribution is 5.94. The molecule has 0 unspecified atom stereocenters. The van der Waals surface area contributed by atoms with Crippen molar-refractivity contribution in [3.8, 4) is 0 Å². The summed E-state index contributed by atoms with van der Waals surface area (Å²) in [5.74, 6) is 0.359. The topological polar surface area (TPSA) is 46.9 Å². The van der Waals surface area contributed by atoms with Crippen molar-refractivity contribution in [3.05, 3.63) is 24.4 Å². The molecule has 1 aliphatic carbocycles. The molecule has 100 valence electrons. The molecule has 1 aliphatic rings. The summed E-state index contributed by atoms with van der Waals surface area (Å²) in [5.41, 5.74) is 1.91. The van der Waals surface area contributed by atoms with Crippen molar-refractivity contribution in [2.45, 2.75) is 32.1 Å². The normalized spacial score (nSPS) is 16.7. The van der Waals surface area contributed by atoms with E-state index in [-0.39, 0.29) is 11.8 Å². The van der Waals surface area contributed by atoms with E-state index in [9.17, 15) is 4.79 Å². The Labute approximate surface area is 112 Å². The van der Waals surface area contributed by atoms with Crippen LogP contribution < -0.4 is 5.32 Å². The van der Waals surface area contributed by atoms with Gasteiger partial charge in [-0.25, -0.2) is 0 Å². The molecule has 4 nitrogen and oxygen atoms in total. The van der Waals surface area contributed by atoms with Crippen molar-refractivity contribution >= 4 is 22.5 Å². The fourth-order valence-corrected chi connectivity index (χ4v) is 2.83. The lowest BCUT2D eigenvalue weighted by molar-refractivity contribution is -0.120. The Kier molecular flexibility index (Phi) is 3.23. The van der Waals surface area contributed by atoms with Crippen LogP contribution in [0.2, 0.25) is 0 Å². The van der Waals surface area contributed by atoms with Crippen molar-refractivity contribution in [1.82, 2.24) is 9.78 Å². The summed E-state index contributed by atoms with van der Waals surface area (Å²) in [4.78, 5) is 12.2. The molecule has 1 N–H and O–H groups in total. The van der Waals surface area contributed by atoms with Gasteiger partial charge in [-0.15, -0.1) is 0 Å². The maximum atomic E-state index is 12.2. The van der Waals surface area contributed by atoms with Crippen LogP contribution in [0.25, 0.3) is 10.9 Å². The van der Waals surface area contributed by atoms with Gasteiger partial charge in [0.05, 0.1) is 11.7 Å². The van der Waals surface area contributed by atoms with E-state index in [4.69, 9.17) is 0 Å². The standard InChI is InChI=1S/C15H19N3O/c1-18-14-9-13(8-7-12(14)10-16-18)17-15(19)11-5-3-2-4-6-11/h7-11H,2-6H2,1H3,(H,17,19). The predicted octanol–water partition coefficient (Wildman–Crippen LogP) is 3.09. The minimum atomic E-state index is 0.168. The number of nitrogens with one attached hydrogen (secondary N) is 1. The lowest BCUT2D eigenvalue weighted by atomic mass is 9.88. The number of carbonyl (C=O) groups is 1. The lowest BCUT2D eigenvalue weighted by Gasteiger charge is -2.20. The molecule has 4 heteroatoms. The number of hydrogen-bond acceptors (Lipinski definition) is 2. The SMILES string of the molecule is Cn1ncc2ccc(NC(=O)C3CCCCC3)cc21. The van der Waals surface area contributed by atoms with Gasteiger partial charge in [0.15, 0.2) is 0 Å². The van der Waals surface area contributed by atoms with Crippen LogP contribution in [0.1, 0.15) is 32.1 Å². The van der Waals surface area contributed by atoms with E-state index in [1.165, 1.54) is 19.3 Å². The van der Waals surface area contributed by atoms with Gasteiger partial charge in [0, 0.05) is 24.0 Å². The third kappa shape index (κ3) is 2.48. The molecule has 1 amide bonds. The number of benzene rings is 1. The smallest absolute Gasteiger partial charge is 0.227 e. The van der Waals surface area contributed by atoms with E-state index < -0.39 is 0 Å². The van der Waals surface area contributed by atoms with E-state index in [1.807, 2.05) is 36.1 Å². The first-order chi connectivity index (χ1) is 9.24. The highest BCUT2D eigenvalue weighted by Crippen LogP contribution is 2.25. The largest absolute Gasteiger partial charge is 0.326 e. The van der Waals surface area contributed by atoms with Crippen LogP contribution in [0.5, 0.6) is 0 Å². The molecule has 0 radical (unpaired) electrons. The maximum Gasteiger partial charge on any atom is 0.227 e. The Bertz CT molecular complexity index is 596. The van der Waals surface area contributed by atoms with Gasteiger partial charge in [-0.3, -0.25) is 9.48 Å². The number of hydrogen-bond donors (Lipinski definition) is 1. The van der Waals surface area contributed by atoms with Gasteiger partial charge in [0.2, 0.25) is 5.91 Å². The Morgan fingerprint density at radius 3 is 2.89 bits per heavy atom. The van der Waals surface area contributed by atoms with E-state index >= 15 is 0 Å². The van der Waals surface area contributed by atoms with Crippen LogP contribution >= 0.6 is 0 Å². The molecule has 0 spiro atoms. The van der Waals surface area contributed by atoms with Gasteiger partial charge in [-0.1, -0.05) is 19.3 Å². The highest BCUT2D eigenvalue weighted by atomic mass is 16.1. The van der Waals surface area contributed by atoms with Crippen LogP contribution in [-0.4, -0.2) is 15.7 Å². The molecule has 0 bridgehead atoms. The lowest BCUT2D eigenvalue weighted by Crippen LogP contribution is -2.24. The molecule has 1 fully saturated rings. The molecule has 0 saturated heterocycles. The van der Waals surface area contributed by atoms with Crippen molar-refractivity contribution in [3.63, 3.8) is 0 Å². The number of fused-ring (bicyclic) bond motifs is 1. The number of nitrogens with zero attached hydrogens (tertiary/aromatic N) is 2. The number of aromatic nitrogens is 2. The Hall–Kier alpha value is -1.84. The first-order valence-corrected chi connectivity index (χ1v) is 6.97. The first-order valence-electron chi connectivity index (χ1n) is 6.97. The van der Waals surface area contributed by atoms with Crippen LogP contribution in [-0.2, 0) is 11.8 Å². The number of amides is 1. The second-order valence-corrected chi connectivity index (χ2v) is 5.37. The van der Waals surface area contributed by atoms with Crippen LogP contribution in [0.3, 0.4) is 0 Å². The first kappa shape index (κ1) is 12.2. The molecule has 0 atom stereocenters. The monoisotopic (exact) mass is 257 g/mol. The Balaban J connectivity index is 1.76. The maximum absolute atomic E-state index is 12.2. The summed E-state index contributed by atoms with van der Waals surface area (Å²) < 4.78 is 1.82. The van der Waals surface area contributed by atoms with Gasteiger partial charge >= 0.3 is 0 Å². The van der Waals surface area contributed by atoms with E-state index in [0.29, 0.717) is 0 Å². The van der Waals surface area contributed by atoms with Crippen molar-refractivity contribution in [2.75, 3.05) is 5.32 Å². The summed E-state index contributed by atoms with van der Waals surface area (Å²) in [7, 11) is 1.91. The molecule has 19 heavy (non-hydrogen) atoms. The minimum absolute atomic E-state index is 0.168. The fourth-order valence-electron chi connectivity index (χ4n) is 2.83. The quantitative estimate of drug-likeness (QED) is 0.898. The van der Waals surface area contributed by atoms with Crippen molar-refractivity contribution in [1.29, 1.82) is 0 Å². The van der Waals surface area contributed by atoms with E-state index in [1.54, 1.807) is 0 Å². The second-order valence-electron chi connectivity index (χ2n) is 5.37. The van der Waals surface area contributed by atoms with E-state index in [0.717, 1.165) is 29.4 Å². The third-order valence-corrected chi connectivity index (χ3v) is 3.99. The summed E-state index contributed by atoms with van der Waals surface area (Å²) in [6.45, 7) is 0. The summed E-state index contributed by atoms with van der Waals surface area (Å²) in [6.07, 6.45) is 7.52. The average Bonchev–Trinajstić information content (AvgIpc) is 2.81. The molecule has 0 aliphatic heterocycles. The minimum Gasteiger partial charge on any atom is -0.326 e. The van der Waals surface area contributed by atoms with Crippen LogP contribution in [0.4, 0.5) is 5.69 Å². The number of rotatable bonds is 2.